The quantitative estimate of drug-likeness (QED) is 0.899. The monoisotopic (exact) mass is 322 g/mol. The summed E-state index contributed by atoms with van der Waals surface area (Å²) in [4.78, 5) is 12.8. The van der Waals surface area contributed by atoms with E-state index < -0.39 is 0 Å². The van der Waals surface area contributed by atoms with E-state index in [1.807, 2.05) is 51.1 Å². The smallest absolute Gasteiger partial charge is 0.204 e. The zero-order valence-corrected chi connectivity index (χ0v) is 14.3. The van der Waals surface area contributed by atoms with E-state index in [2.05, 4.69) is 6.07 Å². The molecule has 3 rings (SSSR count). The Kier molecular flexibility index (Phi) is 3.96. The number of nitrogens with zero attached hydrogens (tertiary/aromatic N) is 1. The normalized spacial score (nSPS) is 24.1. The molecule has 24 heavy (non-hydrogen) atoms. The first-order valence-electron chi connectivity index (χ1n) is 8.23. The van der Waals surface area contributed by atoms with E-state index in [0.717, 1.165) is 5.56 Å². The molecular weight excluding hydrogens is 300 g/mol. The van der Waals surface area contributed by atoms with E-state index >= 15 is 0 Å². The number of allylic oxidation sites excluding steroid dienone is 3. The number of Topliss-reactive ketones (excluding diaryl/α,β-unsaturated/α-hetero) is 1. The first kappa shape index (κ1) is 16.3. The fraction of sp³-hybridized carbons (Fsp3) is 0.400. The van der Waals surface area contributed by atoms with E-state index in [-0.39, 0.29) is 28.9 Å². The fourth-order valence-electron chi connectivity index (χ4n) is 3.77. The molecule has 124 valence electrons. The van der Waals surface area contributed by atoms with Crippen molar-refractivity contribution in [1.82, 2.24) is 0 Å². The lowest BCUT2D eigenvalue weighted by Crippen LogP contribution is -2.36. The number of ketones is 1. The van der Waals surface area contributed by atoms with Crippen LogP contribution >= 0.6 is 0 Å². The lowest BCUT2D eigenvalue weighted by atomic mass is 9.68. The molecule has 0 saturated carbocycles. The maximum atomic E-state index is 12.8. The van der Waals surface area contributed by atoms with Gasteiger partial charge in [-0.3, -0.25) is 4.79 Å². The summed E-state index contributed by atoms with van der Waals surface area (Å²) in [5.74, 6) is 0.465. The van der Waals surface area contributed by atoms with Gasteiger partial charge in [0.15, 0.2) is 5.78 Å². The van der Waals surface area contributed by atoms with Crippen LogP contribution in [0.4, 0.5) is 0 Å². The van der Waals surface area contributed by atoms with Gasteiger partial charge in [-0.05, 0) is 16.9 Å². The molecule has 1 aliphatic heterocycles. The number of hydrogen-bond acceptors (Lipinski definition) is 4. The fourth-order valence-corrected chi connectivity index (χ4v) is 3.77. The van der Waals surface area contributed by atoms with Gasteiger partial charge in [-0.2, -0.15) is 5.26 Å². The van der Waals surface area contributed by atoms with Crippen LogP contribution in [0, 0.1) is 22.7 Å². The van der Waals surface area contributed by atoms with Crippen molar-refractivity contribution in [2.75, 3.05) is 0 Å². The van der Waals surface area contributed by atoms with E-state index in [4.69, 9.17) is 10.5 Å². The van der Waals surface area contributed by atoms with E-state index in [1.165, 1.54) is 0 Å². The molecule has 0 aromatic heterocycles. The summed E-state index contributed by atoms with van der Waals surface area (Å²) in [6.07, 6.45) is 1.12. The molecule has 1 heterocycles. The van der Waals surface area contributed by atoms with Gasteiger partial charge in [-0.15, -0.1) is 0 Å². The number of carbonyl (C=O) groups is 1. The van der Waals surface area contributed by atoms with Gasteiger partial charge in [0.2, 0.25) is 5.88 Å². The standard InChI is InChI=1S/C20H22N2O2/c1-12(13-7-5-4-6-8-13)17-14(11-21)19(22)24-16-10-20(2,3)9-15(23)18(16)17/h4-8,12,17H,9-10,22H2,1-3H3/t12-,17+/m0/s1. The van der Waals surface area contributed by atoms with E-state index in [1.54, 1.807) is 0 Å². The highest BCUT2D eigenvalue weighted by Crippen LogP contribution is 2.48. The molecule has 2 aliphatic rings. The van der Waals surface area contributed by atoms with Crippen LogP contribution in [0.15, 0.2) is 53.1 Å². The number of rotatable bonds is 2. The SMILES string of the molecule is C[C@@H](c1ccccc1)[C@@H]1C(C#N)=C(N)OC2=C1C(=O)CC(C)(C)C2. The topological polar surface area (TPSA) is 76.1 Å². The zero-order valence-electron chi connectivity index (χ0n) is 14.3. The Bertz CT molecular complexity index is 782. The maximum absolute atomic E-state index is 12.8. The van der Waals surface area contributed by atoms with Crippen molar-refractivity contribution in [1.29, 1.82) is 5.26 Å². The summed E-state index contributed by atoms with van der Waals surface area (Å²) in [5.41, 5.74) is 7.95. The number of nitriles is 1. The van der Waals surface area contributed by atoms with Gasteiger partial charge < -0.3 is 10.5 Å². The summed E-state index contributed by atoms with van der Waals surface area (Å²) in [6.45, 7) is 6.13. The van der Waals surface area contributed by atoms with Crippen LogP contribution in [-0.2, 0) is 9.53 Å². The first-order valence-corrected chi connectivity index (χ1v) is 8.23. The van der Waals surface area contributed by atoms with Gasteiger partial charge in [0, 0.05) is 24.3 Å². The highest BCUT2D eigenvalue weighted by atomic mass is 16.5. The van der Waals surface area contributed by atoms with Crippen LogP contribution in [0.1, 0.15) is 45.1 Å². The minimum Gasteiger partial charge on any atom is -0.444 e. The van der Waals surface area contributed by atoms with Crippen molar-refractivity contribution < 1.29 is 9.53 Å². The Balaban J connectivity index is 2.12. The van der Waals surface area contributed by atoms with E-state index in [9.17, 15) is 10.1 Å². The summed E-state index contributed by atoms with van der Waals surface area (Å²) in [7, 11) is 0. The molecule has 1 aliphatic carbocycles. The van der Waals surface area contributed by atoms with Crippen LogP contribution in [0.25, 0.3) is 0 Å². The average Bonchev–Trinajstić information content (AvgIpc) is 2.52. The molecule has 2 atom stereocenters. The van der Waals surface area contributed by atoms with Crippen molar-refractivity contribution in [3.63, 3.8) is 0 Å². The second-order valence-electron chi connectivity index (χ2n) is 7.45. The molecule has 4 heteroatoms. The van der Waals surface area contributed by atoms with Crippen molar-refractivity contribution in [2.24, 2.45) is 17.1 Å². The molecule has 0 bridgehead atoms. The molecule has 0 radical (unpaired) electrons. The maximum Gasteiger partial charge on any atom is 0.204 e. The molecule has 1 aromatic carbocycles. The van der Waals surface area contributed by atoms with E-state index in [0.29, 0.717) is 29.7 Å². The van der Waals surface area contributed by atoms with Gasteiger partial charge in [-0.25, -0.2) is 0 Å². The van der Waals surface area contributed by atoms with Crippen LogP contribution in [0.3, 0.4) is 0 Å². The summed E-state index contributed by atoms with van der Waals surface area (Å²) in [6, 6.07) is 12.1. The summed E-state index contributed by atoms with van der Waals surface area (Å²) >= 11 is 0. The molecular formula is C20H22N2O2. The number of hydrogen-bond donors (Lipinski definition) is 1. The first-order chi connectivity index (χ1) is 11.3. The second-order valence-corrected chi connectivity index (χ2v) is 7.45. The van der Waals surface area contributed by atoms with Crippen LogP contribution in [0.2, 0.25) is 0 Å². The zero-order chi connectivity index (χ0) is 17.5. The van der Waals surface area contributed by atoms with Crippen molar-refractivity contribution >= 4 is 5.78 Å². The Morgan fingerprint density at radius 1 is 1.29 bits per heavy atom. The van der Waals surface area contributed by atoms with Gasteiger partial charge in [0.25, 0.3) is 0 Å². The number of ether oxygens (including phenoxy) is 1. The van der Waals surface area contributed by atoms with Crippen molar-refractivity contribution in [2.45, 2.75) is 39.5 Å². The number of benzene rings is 1. The minimum absolute atomic E-state index is 0.0292. The Morgan fingerprint density at radius 3 is 2.58 bits per heavy atom. The summed E-state index contributed by atoms with van der Waals surface area (Å²) in [5, 5.41) is 9.61. The molecule has 0 unspecified atom stereocenters. The minimum atomic E-state index is -0.343. The number of carbonyl (C=O) groups excluding carboxylic acids is 1. The molecule has 2 N–H and O–H groups in total. The third-order valence-corrected chi connectivity index (χ3v) is 4.95. The Labute approximate surface area is 142 Å². The van der Waals surface area contributed by atoms with Crippen molar-refractivity contribution in [3.05, 3.63) is 58.7 Å². The lowest BCUT2D eigenvalue weighted by Gasteiger charge is -2.39. The van der Waals surface area contributed by atoms with Crippen molar-refractivity contribution in [3.8, 4) is 6.07 Å². The third kappa shape index (κ3) is 2.71. The molecule has 0 fully saturated rings. The second kappa shape index (κ2) is 5.83. The van der Waals surface area contributed by atoms with Gasteiger partial charge in [-0.1, -0.05) is 51.1 Å². The van der Waals surface area contributed by atoms with Gasteiger partial charge >= 0.3 is 0 Å². The van der Waals surface area contributed by atoms with Gasteiger partial charge in [0.05, 0.1) is 5.57 Å². The molecule has 0 saturated heterocycles. The van der Waals surface area contributed by atoms with Crippen LogP contribution in [0.5, 0.6) is 0 Å². The molecule has 0 amide bonds. The lowest BCUT2D eigenvalue weighted by molar-refractivity contribution is -0.119. The van der Waals surface area contributed by atoms with Crippen LogP contribution in [-0.4, -0.2) is 5.78 Å². The highest BCUT2D eigenvalue weighted by Gasteiger charge is 2.44. The predicted octanol–water partition coefficient (Wildman–Crippen LogP) is 3.77. The van der Waals surface area contributed by atoms with Gasteiger partial charge in [0.1, 0.15) is 11.8 Å². The number of nitrogens with two attached hydrogens (primary N) is 1. The highest BCUT2D eigenvalue weighted by molar-refractivity contribution is 5.99. The largest absolute Gasteiger partial charge is 0.444 e. The molecule has 1 aromatic rings. The molecule has 4 nitrogen and oxygen atoms in total. The average molecular weight is 322 g/mol. The predicted molar refractivity (Wildman–Crippen MR) is 91.3 cm³/mol. The third-order valence-electron chi connectivity index (χ3n) is 4.95. The van der Waals surface area contributed by atoms with Crippen LogP contribution < -0.4 is 5.73 Å². The summed E-state index contributed by atoms with van der Waals surface area (Å²) < 4.78 is 5.71. The molecule has 0 spiro atoms. The Hall–Kier alpha value is -2.54. The Morgan fingerprint density at radius 2 is 1.96 bits per heavy atom.